The number of alkyl halides is 3. The lowest BCUT2D eigenvalue weighted by molar-refractivity contribution is -0.137. The number of amides is 1. The van der Waals surface area contributed by atoms with Gasteiger partial charge in [0.25, 0.3) is 5.91 Å². The summed E-state index contributed by atoms with van der Waals surface area (Å²) in [6.45, 7) is 2.04. The second-order valence-corrected chi connectivity index (χ2v) is 8.72. The minimum atomic E-state index is -4.40. The number of nitrogens with zero attached hydrogens (tertiary/aromatic N) is 4. The third kappa shape index (κ3) is 5.35. The van der Waals surface area contributed by atoms with Crippen LogP contribution in [0.25, 0.3) is 22.0 Å². The predicted molar refractivity (Wildman–Crippen MR) is 134 cm³/mol. The first kappa shape index (κ1) is 24.2. The molecule has 2 heterocycles. The molecule has 3 aromatic carbocycles. The van der Waals surface area contributed by atoms with Crippen molar-refractivity contribution in [1.82, 2.24) is 25.3 Å². The SMILES string of the molecule is Cc1cc(C(F)(F)F)ccc1CNC(=O)c1ccccc1Cn1cc(-c2ccc3cnccc3c2)nn1. The summed E-state index contributed by atoms with van der Waals surface area (Å²) in [5.41, 5.74) is 3.20. The van der Waals surface area contributed by atoms with Crippen LogP contribution in [0.3, 0.4) is 0 Å². The van der Waals surface area contributed by atoms with E-state index in [0.717, 1.165) is 34.0 Å². The topological polar surface area (TPSA) is 72.7 Å². The first-order valence-corrected chi connectivity index (χ1v) is 11.5. The van der Waals surface area contributed by atoms with Gasteiger partial charge < -0.3 is 5.32 Å². The van der Waals surface area contributed by atoms with Crippen LogP contribution in [0, 0.1) is 6.92 Å². The van der Waals surface area contributed by atoms with Crippen molar-refractivity contribution in [3.05, 3.63) is 113 Å². The van der Waals surface area contributed by atoms with Crippen molar-refractivity contribution in [2.24, 2.45) is 0 Å². The number of halogens is 3. The number of carbonyl (C=O) groups excluding carboxylic acids is 1. The standard InChI is InChI=1S/C28H22F3N5O/c1-18-12-24(28(29,30)31)9-8-21(18)15-33-27(37)25-5-3-2-4-23(25)16-36-17-26(34-35-36)20-6-7-22-14-32-11-10-19(22)13-20/h2-14,17H,15-16H2,1H3,(H,33,37). The van der Waals surface area contributed by atoms with Gasteiger partial charge in [0, 0.05) is 35.5 Å². The minimum absolute atomic E-state index is 0.113. The van der Waals surface area contributed by atoms with Crippen LogP contribution in [-0.2, 0) is 19.3 Å². The lowest BCUT2D eigenvalue weighted by Gasteiger charge is -2.13. The van der Waals surface area contributed by atoms with Gasteiger partial charge in [-0.05, 0) is 59.3 Å². The smallest absolute Gasteiger partial charge is 0.348 e. The van der Waals surface area contributed by atoms with Crippen molar-refractivity contribution in [1.29, 1.82) is 0 Å². The summed E-state index contributed by atoms with van der Waals surface area (Å²) in [6.07, 6.45) is 0.960. The Morgan fingerprint density at radius 1 is 0.973 bits per heavy atom. The number of fused-ring (bicyclic) bond motifs is 1. The molecule has 0 saturated heterocycles. The van der Waals surface area contributed by atoms with E-state index in [-0.39, 0.29) is 12.5 Å². The van der Waals surface area contributed by atoms with E-state index in [1.54, 1.807) is 36.1 Å². The van der Waals surface area contributed by atoms with Gasteiger partial charge in [0.1, 0.15) is 5.69 Å². The molecule has 2 aromatic heterocycles. The number of carbonyl (C=O) groups is 1. The van der Waals surface area contributed by atoms with E-state index in [1.807, 2.05) is 42.6 Å². The van der Waals surface area contributed by atoms with E-state index in [9.17, 15) is 18.0 Å². The van der Waals surface area contributed by atoms with Crippen LogP contribution in [0.1, 0.15) is 32.6 Å². The Hall–Kier alpha value is -4.53. The molecule has 1 amide bonds. The van der Waals surface area contributed by atoms with Gasteiger partial charge in [0.05, 0.1) is 18.3 Å². The molecule has 0 aliphatic carbocycles. The first-order chi connectivity index (χ1) is 17.8. The highest BCUT2D eigenvalue weighted by atomic mass is 19.4. The predicted octanol–water partition coefficient (Wildman–Crippen LogP) is 5.80. The van der Waals surface area contributed by atoms with E-state index in [1.165, 1.54) is 6.07 Å². The third-order valence-corrected chi connectivity index (χ3v) is 6.18. The van der Waals surface area contributed by atoms with Crippen molar-refractivity contribution in [2.45, 2.75) is 26.2 Å². The van der Waals surface area contributed by atoms with Gasteiger partial charge >= 0.3 is 6.18 Å². The van der Waals surface area contributed by atoms with Crippen molar-refractivity contribution >= 4 is 16.7 Å². The molecule has 6 nitrogen and oxygen atoms in total. The van der Waals surface area contributed by atoms with Crippen LogP contribution >= 0.6 is 0 Å². The van der Waals surface area contributed by atoms with E-state index in [2.05, 4.69) is 20.6 Å². The Labute approximate surface area is 210 Å². The number of pyridine rings is 1. The maximum atomic E-state index is 13.0. The van der Waals surface area contributed by atoms with Gasteiger partial charge in [0.2, 0.25) is 0 Å². The zero-order chi connectivity index (χ0) is 26.0. The lowest BCUT2D eigenvalue weighted by Crippen LogP contribution is -2.25. The highest BCUT2D eigenvalue weighted by Gasteiger charge is 2.30. The van der Waals surface area contributed by atoms with Crippen LogP contribution in [0.5, 0.6) is 0 Å². The summed E-state index contributed by atoms with van der Waals surface area (Å²) in [7, 11) is 0. The molecule has 37 heavy (non-hydrogen) atoms. The highest BCUT2D eigenvalue weighted by molar-refractivity contribution is 5.95. The molecule has 1 N–H and O–H groups in total. The van der Waals surface area contributed by atoms with Crippen molar-refractivity contribution < 1.29 is 18.0 Å². The fourth-order valence-corrected chi connectivity index (χ4v) is 4.15. The van der Waals surface area contributed by atoms with Crippen LogP contribution in [0.2, 0.25) is 0 Å². The largest absolute Gasteiger partial charge is 0.416 e. The molecule has 0 saturated carbocycles. The first-order valence-electron chi connectivity index (χ1n) is 11.5. The maximum Gasteiger partial charge on any atom is 0.416 e. The molecule has 0 atom stereocenters. The zero-order valence-corrected chi connectivity index (χ0v) is 19.8. The number of aryl methyl sites for hydroxylation is 1. The summed E-state index contributed by atoms with van der Waals surface area (Å²) in [4.78, 5) is 17.1. The number of rotatable bonds is 6. The normalized spacial score (nSPS) is 11.6. The highest BCUT2D eigenvalue weighted by Crippen LogP contribution is 2.30. The molecule has 0 radical (unpaired) electrons. The molecule has 0 aliphatic heterocycles. The molecule has 186 valence electrons. The zero-order valence-electron chi connectivity index (χ0n) is 19.8. The second kappa shape index (κ2) is 9.85. The Morgan fingerprint density at radius 2 is 1.81 bits per heavy atom. The average Bonchev–Trinajstić information content (AvgIpc) is 3.36. The van der Waals surface area contributed by atoms with E-state index < -0.39 is 11.7 Å². The van der Waals surface area contributed by atoms with Crippen LogP contribution in [-0.4, -0.2) is 25.9 Å². The third-order valence-electron chi connectivity index (χ3n) is 6.18. The van der Waals surface area contributed by atoms with E-state index in [0.29, 0.717) is 28.9 Å². The number of aromatic nitrogens is 4. The molecule has 5 aromatic rings. The number of hydrogen-bond acceptors (Lipinski definition) is 4. The summed E-state index contributed by atoms with van der Waals surface area (Å²) in [6, 6.07) is 18.5. The van der Waals surface area contributed by atoms with Gasteiger partial charge in [-0.1, -0.05) is 41.6 Å². The van der Waals surface area contributed by atoms with Gasteiger partial charge in [-0.25, -0.2) is 4.68 Å². The molecule has 9 heteroatoms. The molecule has 5 rings (SSSR count). The van der Waals surface area contributed by atoms with Gasteiger partial charge in [-0.3, -0.25) is 9.78 Å². The molecule has 0 unspecified atom stereocenters. The van der Waals surface area contributed by atoms with Crippen molar-refractivity contribution in [3.63, 3.8) is 0 Å². The Morgan fingerprint density at radius 3 is 2.62 bits per heavy atom. The minimum Gasteiger partial charge on any atom is -0.348 e. The van der Waals surface area contributed by atoms with Crippen LogP contribution < -0.4 is 5.32 Å². The fraction of sp³-hybridized carbons (Fsp3) is 0.143. The number of hydrogen-bond donors (Lipinski definition) is 1. The van der Waals surface area contributed by atoms with Gasteiger partial charge in [0.15, 0.2) is 0 Å². The quantitative estimate of drug-likeness (QED) is 0.319. The summed E-state index contributed by atoms with van der Waals surface area (Å²) in [5.74, 6) is -0.321. The lowest BCUT2D eigenvalue weighted by atomic mass is 10.0. The summed E-state index contributed by atoms with van der Waals surface area (Å²) < 4.78 is 40.5. The molecular formula is C28H22F3N5O. The average molecular weight is 502 g/mol. The summed E-state index contributed by atoms with van der Waals surface area (Å²) in [5, 5.41) is 13.4. The van der Waals surface area contributed by atoms with Gasteiger partial charge in [-0.15, -0.1) is 5.10 Å². The van der Waals surface area contributed by atoms with E-state index >= 15 is 0 Å². The Kier molecular flexibility index (Phi) is 6.43. The molecular weight excluding hydrogens is 479 g/mol. The molecule has 0 fully saturated rings. The fourth-order valence-electron chi connectivity index (χ4n) is 4.15. The maximum absolute atomic E-state index is 13.0. The second-order valence-electron chi connectivity index (χ2n) is 8.72. The molecule has 0 aliphatic rings. The van der Waals surface area contributed by atoms with Crippen molar-refractivity contribution in [2.75, 3.05) is 0 Å². The van der Waals surface area contributed by atoms with Crippen molar-refractivity contribution in [3.8, 4) is 11.3 Å². The number of benzene rings is 3. The Balaban J connectivity index is 1.30. The van der Waals surface area contributed by atoms with Crippen LogP contribution in [0.4, 0.5) is 13.2 Å². The van der Waals surface area contributed by atoms with E-state index in [4.69, 9.17) is 0 Å². The molecule has 0 bridgehead atoms. The molecule has 0 spiro atoms. The summed E-state index contributed by atoms with van der Waals surface area (Å²) >= 11 is 0. The number of nitrogens with one attached hydrogen (secondary N) is 1. The monoisotopic (exact) mass is 501 g/mol. The van der Waals surface area contributed by atoms with Gasteiger partial charge in [-0.2, -0.15) is 13.2 Å². The Bertz CT molecular complexity index is 1590. The van der Waals surface area contributed by atoms with Crippen LogP contribution in [0.15, 0.2) is 85.3 Å².